The average Bonchev–Trinajstić information content (AvgIpc) is 2.74. The van der Waals surface area contributed by atoms with Crippen LogP contribution in [-0.4, -0.2) is 14.5 Å². The van der Waals surface area contributed by atoms with Crippen molar-refractivity contribution in [1.29, 1.82) is 0 Å². The SMILES string of the molecule is [O-][Cl+3]([O-])([O-])[O-].c1ccc(Cc2cc(-c3ccccc3)[se+]c(-c3ccccc3)c2)cc1. The molecule has 4 aromatic rings. The van der Waals surface area contributed by atoms with E-state index in [4.69, 9.17) is 18.6 Å². The van der Waals surface area contributed by atoms with Crippen molar-refractivity contribution in [3.63, 3.8) is 0 Å². The fraction of sp³-hybridized carbons (Fsp3) is 0.0417. The number of benzene rings is 3. The van der Waals surface area contributed by atoms with Crippen LogP contribution in [0.5, 0.6) is 0 Å². The third-order valence-electron chi connectivity index (χ3n) is 4.22. The molecule has 152 valence electrons. The molecular weight excluding hydrogens is 467 g/mol. The van der Waals surface area contributed by atoms with Gasteiger partial charge in [0.25, 0.3) is 0 Å². The molecule has 1 aromatic heterocycles. The Morgan fingerprint density at radius 3 is 1.30 bits per heavy atom. The van der Waals surface area contributed by atoms with E-state index in [1.165, 1.54) is 31.1 Å². The Morgan fingerprint density at radius 2 is 0.900 bits per heavy atom. The molecule has 0 N–H and O–H groups in total. The molecule has 0 aliphatic carbocycles. The van der Waals surface area contributed by atoms with Gasteiger partial charge < -0.3 is 0 Å². The van der Waals surface area contributed by atoms with Gasteiger partial charge >= 0.3 is 155 Å². The molecule has 3 aromatic carbocycles. The molecule has 0 aliphatic heterocycles. The molecule has 0 saturated carbocycles. The summed E-state index contributed by atoms with van der Waals surface area (Å²) in [5, 5.41) is 0. The molecule has 0 fully saturated rings. The molecule has 30 heavy (non-hydrogen) atoms. The monoisotopic (exact) mass is 486 g/mol. The fourth-order valence-electron chi connectivity index (χ4n) is 2.98. The van der Waals surface area contributed by atoms with Crippen molar-refractivity contribution < 1.29 is 28.9 Å². The van der Waals surface area contributed by atoms with Gasteiger partial charge in [0, 0.05) is 0 Å². The minimum atomic E-state index is -4.94. The van der Waals surface area contributed by atoms with Gasteiger partial charge in [-0.25, -0.2) is 18.6 Å². The van der Waals surface area contributed by atoms with Crippen molar-refractivity contribution in [2.24, 2.45) is 0 Å². The number of hydrogen-bond donors (Lipinski definition) is 0. The molecule has 1 heterocycles. The number of halogens is 1. The molecular formula is C24H19ClO4Se. The van der Waals surface area contributed by atoms with Crippen LogP contribution in [0.2, 0.25) is 0 Å². The molecule has 0 aliphatic rings. The molecule has 4 rings (SSSR count). The zero-order valence-corrected chi connectivity index (χ0v) is 18.4. The maximum atomic E-state index is 8.49. The van der Waals surface area contributed by atoms with Crippen LogP contribution in [0.1, 0.15) is 11.1 Å². The second-order valence-corrected chi connectivity index (χ2v) is 9.50. The van der Waals surface area contributed by atoms with Crippen LogP contribution in [0.4, 0.5) is 0 Å². The third kappa shape index (κ3) is 7.48. The summed E-state index contributed by atoms with van der Waals surface area (Å²) in [6.07, 6.45) is 0.976. The van der Waals surface area contributed by atoms with Gasteiger partial charge in [-0.15, -0.1) is 10.2 Å². The van der Waals surface area contributed by atoms with E-state index < -0.39 is 10.2 Å². The Kier molecular flexibility index (Phi) is 7.91. The molecule has 0 radical (unpaired) electrons. The van der Waals surface area contributed by atoms with Crippen LogP contribution in [0, 0.1) is 10.2 Å². The Bertz CT molecular complexity index is 989. The standard InChI is InChI=1S/C24H19Se.ClHO4/c1-4-10-19(11-5-1)16-20-17-23(21-12-6-2-7-13-21)25-24(18-20)22-14-8-3-9-15-22;2-1(3,4)5/h1-15,17-18H,16H2;(H,2,3,4,5)/q+1;/p-1. The first kappa shape index (κ1) is 22.3. The second-order valence-electron chi connectivity index (χ2n) is 6.47. The molecule has 0 spiro atoms. The van der Waals surface area contributed by atoms with E-state index in [0.29, 0.717) is 14.5 Å². The van der Waals surface area contributed by atoms with Crippen molar-refractivity contribution in [3.05, 3.63) is 114 Å². The zero-order valence-electron chi connectivity index (χ0n) is 15.9. The van der Waals surface area contributed by atoms with Crippen molar-refractivity contribution >= 4 is 14.5 Å². The van der Waals surface area contributed by atoms with E-state index in [1.807, 2.05) is 0 Å². The van der Waals surface area contributed by atoms with Crippen LogP contribution in [0.3, 0.4) is 0 Å². The van der Waals surface area contributed by atoms with E-state index in [-0.39, 0.29) is 0 Å². The van der Waals surface area contributed by atoms with Crippen LogP contribution in [0.25, 0.3) is 20.0 Å². The molecule has 0 unspecified atom stereocenters. The summed E-state index contributed by atoms with van der Waals surface area (Å²) < 4.78 is 36.9. The van der Waals surface area contributed by atoms with Crippen LogP contribution < -0.4 is 18.6 Å². The van der Waals surface area contributed by atoms with E-state index in [0.717, 1.165) is 6.42 Å². The van der Waals surface area contributed by atoms with Gasteiger partial charge in [-0.2, -0.15) is 0 Å². The van der Waals surface area contributed by atoms with Crippen molar-refractivity contribution in [2.45, 2.75) is 6.42 Å². The van der Waals surface area contributed by atoms with E-state index >= 15 is 0 Å². The molecule has 4 nitrogen and oxygen atoms in total. The third-order valence-corrected chi connectivity index (χ3v) is 6.63. The zero-order chi connectivity index (χ0) is 21.4. The molecule has 0 atom stereocenters. The summed E-state index contributed by atoms with van der Waals surface area (Å²) in [5.41, 5.74) is 5.43. The van der Waals surface area contributed by atoms with Crippen LogP contribution in [0.15, 0.2) is 103 Å². The molecule has 0 saturated heterocycles. The number of hydrogen-bond acceptors (Lipinski definition) is 4. The van der Waals surface area contributed by atoms with Crippen molar-refractivity contribution in [2.75, 3.05) is 0 Å². The van der Waals surface area contributed by atoms with Gasteiger partial charge in [0.15, 0.2) is 0 Å². The topological polar surface area (TPSA) is 92.2 Å². The summed E-state index contributed by atoms with van der Waals surface area (Å²) in [5.74, 6) is 0. The Labute approximate surface area is 183 Å². The summed E-state index contributed by atoms with van der Waals surface area (Å²) in [7, 11) is -4.94. The van der Waals surface area contributed by atoms with Gasteiger partial charge in [0.1, 0.15) is 0 Å². The van der Waals surface area contributed by atoms with Crippen molar-refractivity contribution in [3.8, 4) is 20.0 Å². The van der Waals surface area contributed by atoms with E-state index in [2.05, 4.69) is 103 Å². The Morgan fingerprint density at radius 1 is 0.533 bits per heavy atom. The Balaban J connectivity index is 0.000000461. The van der Waals surface area contributed by atoms with Gasteiger partial charge in [-0.05, 0) is 0 Å². The Hall–Kier alpha value is -2.34. The normalized spacial score (nSPS) is 10.8. The summed E-state index contributed by atoms with van der Waals surface area (Å²) >= 11 is 0.322. The predicted octanol–water partition coefficient (Wildman–Crippen LogP) is 1.19. The quantitative estimate of drug-likeness (QED) is 0.406. The summed E-state index contributed by atoms with van der Waals surface area (Å²) in [6.45, 7) is 0. The van der Waals surface area contributed by atoms with Gasteiger partial charge in [-0.1, -0.05) is 0 Å². The fourth-order valence-corrected chi connectivity index (χ4v) is 5.42. The maximum absolute atomic E-state index is 8.49. The summed E-state index contributed by atoms with van der Waals surface area (Å²) in [6, 6.07) is 37.1. The van der Waals surface area contributed by atoms with Gasteiger partial charge in [0.2, 0.25) is 0 Å². The number of rotatable bonds is 4. The first-order valence-electron chi connectivity index (χ1n) is 9.12. The molecule has 0 amide bonds. The first-order chi connectivity index (χ1) is 14.4. The summed E-state index contributed by atoms with van der Waals surface area (Å²) in [4.78, 5) is 0. The van der Waals surface area contributed by atoms with E-state index in [9.17, 15) is 0 Å². The average molecular weight is 486 g/mol. The second kappa shape index (κ2) is 10.6. The molecule has 6 heteroatoms. The van der Waals surface area contributed by atoms with Gasteiger partial charge in [0.05, 0.1) is 0 Å². The minimum absolute atomic E-state index is 0.322. The first-order valence-corrected chi connectivity index (χ1v) is 12.1. The van der Waals surface area contributed by atoms with Crippen LogP contribution >= 0.6 is 0 Å². The predicted molar refractivity (Wildman–Crippen MR) is 108 cm³/mol. The van der Waals surface area contributed by atoms with E-state index in [1.54, 1.807) is 0 Å². The molecule has 0 bridgehead atoms. The van der Waals surface area contributed by atoms with Gasteiger partial charge in [-0.3, -0.25) is 0 Å². The van der Waals surface area contributed by atoms with Crippen molar-refractivity contribution in [1.82, 2.24) is 0 Å². The van der Waals surface area contributed by atoms with Crippen LogP contribution in [-0.2, 0) is 6.42 Å².